The first-order valence-corrected chi connectivity index (χ1v) is 13.1. The summed E-state index contributed by atoms with van der Waals surface area (Å²) in [5.41, 5.74) is -1.89. The van der Waals surface area contributed by atoms with Crippen molar-refractivity contribution in [3.8, 4) is 0 Å². The van der Waals surface area contributed by atoms with Gasteiger partial charge < -0.3 is 14.9 Å². The highest BCUT2D eigenvalue weighted by molar-refractivity contribution is 6.30. The van der Waals surface area contributed by atoms with Gasteiger partial charge >= 0.3 is 0 Å². The molecule has 0 spiro atoms. The van der Waals surface area contributed by atoms with Crippen LogP contribution in [0.5, 0.6) is 0 Å². The van der Waals surface area contributed by atoms with Crippen LogP contribution in [0.3, 0.4) is 0 Å². The van der Waals surface area contributed by atoms with Gasteiger partial charge in [0.25, 0.3) is 0 Å². The molecule has 0 bridgehead atoms. The predicted octanol–water partition coefficient (Wildman–Crippen LogP) is 4.67. The minimum absolute atomic E-state index is 0.0528. The fourth-order valence-corrected chi connectivity index (χ4v) is 4.98. The molecule has 11 heteroatoms. The van der Waals surface area contributed by atoms with Gasteiger partial charge in [-0.25, -0.2) is 4.39 Å². The van der Waals surface area contributed by atoms with Crippen LogP contribution in [-0.4, -0.2) is 56.4 Å². The number of aryl methyl sites for hydroxylation is 1. The van der Waals surface area contributed by atoms with Crippen molar-refractivity contribution in [1.29, 1.82) is 0 Å². The maximum atomic E-state index is 16.5. The number of hydrogen-bond acceptors (Lipinski definition) is 7. The molecule has 0 saturated heterocycles. The third kappa shape index (κ3) is 5.81. The Morgan fingerprint density at radius 2 is 1.77 bits per heavy atom. The van der Waals surface area contributed by atoms with Crippen molar-refractivity contribution in [1.82, 2.24) is 19.7 Å². The van der Waals surface area contributed by atoms with Gasteiger partial charge in [-0.2, -0.15) is 5.10 Å². The van der Waals surface area contributed by atoms with Gasteiger partial charge in [-0.1, -0.05) is 35.3 Å². The molecule has 2 aromatic heterocycles. The third-order valence-electron chi connectivity index (χ3n) is 6.78. The van der Waals surface area contributed by atoms with Crippen LogP contribution in [0, 0.1) is 5.82 Å². The average molecular weight is 587 g/mol. The van der Waals surface area contributed by atoms with Gasteiger partial charge in [0.2, 0.25) is 0 Å². The van der Waals surface area contributed by atoms with Gasteiger partial charge in [0, 0.05) is 53.3 Å². The molecule has 2 heterocycles. The Labute approximate surface area is 241 Å². The zero-order valence-corrected chi connectivity index (χ0v) is 23.7. The highest BCUT2D eigenvalue weighted by atomic mass is 35.5. The van der Waals surface area contributed by atoms with Crippen molar-refractivity contribution in [2.45, 2.75) is 24.8 Å². The van der Waals surface area contributed by atoms with E-state index in [1.54, 1.807) is 61.6 Å². The van der Waals surface area contributed by atoms with E-state index in [2.05, 4.69) is 10.1 Å². The molecule has 0 saturated carbocycles. The molecule has 2 aromatic carbocycles. The Bertz CT molecular complexity index is 1480. The van der Waals surface area contributed by atoms with Gasteiger partial charge in [-0.15, -0.1) is 0 Å². The lowest BCUT2D eigenvalue weighted by atomic mass is 9.83. The second kappa shape index (κ2) is 12.1. The summed E-state index contributed by atoms with van der Waals surface area (Å²) in [7, 11) is 3.39. The van der Waals surface area contributed by atoms with Gasteiger partial charge in [0.15, 0.2) is 12.0 Å². The number of carbonyl (C=O) groups excluding carboxylic acids is 1. The van der Waals surface area contributed by atoms with Gasteiger partial charge in [-0.3, -0.25) is 19.4 Å². The summed E-state index contributed by atoms with van der Waals surface area (Å²) < 4.78 is 24.3. The summed E-state index contributed by atoms with van der Waals surface area (Å²) in [6.07, 6.45) is 5.10. The van der Waals surface area contributed by atoms with Crippen molar-refractivity contribution >= 4 is 29.5 Å². The lowest BCUT2D eigenvalue weighted by Gasteiger charge is -2.43. The molecule has 8 nitrogen and oxygen atoms in total. The fraction of sp³-hybridized carbons (Fsp3) is 0.276. The molecule has 4 aromatic rings. The molecule has 40 heavy (non-hydrogen) atoms. The lowest BCUT2D eigenvalue weighted by molar-refractivity contribution is -0.137. The number of aliphatic hydroxyl groups is 2. The van der Waals surface area contributed by atoms with Crippen LogP contribution in [0.1, 0.15) is 45.2 Å². The summed E-state index contributed by atoms with van der Waals surface area (Å²) >= 11 is 12.2. The zero-order valence-electron chi connectivity index (χ0n) is 22.2. The maximum Gasteiger partial charge on any atom is 0.177 e. The van der Waals surface area contributed by atoms with E-state index in [-0.39, 0.29) is 36.4 Å². The van der Waals surface area contributed by atoms with E-state index in [1.807, 2.05) is 0 Å². The molecular formula is C29H29Cl2FN4O4. The molecule has 0 aliphatic rings. The van der Waals surface area contributed by atoms with Crippen molar-refractivity contribution in [2.24, 2.45) is 7.05 Å². The third-order valence-corrected chi connectivity index (χ3v) is 7.25. The average Bonchev–Trinajstić information content (AvgIpc) is 3.38. The largest absolute Gasteiger partial charge is 0.394 e. The number of aromatic nitrogens is 3. The monoisotopic (exact) mass is 586 g/mol. The number of pyridine rings is 1. The van der Waals surface area contributed by atoms with E-state index in [4.69, 9.17) is 27.9 Å². The summed E-state index contributed by atoms with van der Waals surface area (Å²) in [5, 5.41) is 26.1. The first-order chi connectivity index (χ1) is 19.0. The number of carbonyl (C=O) groups is 1. The number of ether oxygens (including phenoxy) is 1. The number of aldehydes is 1. The molecule has 4 rings (SSSR count). The molecule has 1 unspecified atom stereocenters. The smallest absolute Gasteiger partial charge is 0.177 e. The number of rotatable bonds is 11. The fourth-order valence-electron chi connectivity index (χ4n) is 4.74. The zero-order chi connectivity index (χ0) is 29.1. The number of halogens is 3. The normalized spacial score (nSPS) is 14.6. The van der Waals surface area contributed by atoms with Crippen molar-refractivity contribution in [3.05, 3.63) is 116 Å². The Hall–Kier alpha value is -3.18. The molecule has 0 fully saturated rings. The van der Waals surface area contributed by atoms with E-state index >= 15 is 4.39 Å². The Morgan fingerprint density at radius 1 is 1.07 bits per heavy atom. The van der Waals surface area contributed by atoms with E-state index < -0.39 is 17.1 Å². The number of aliphatic hydroxyl groups excluding tert-OH is 1. The van der Waals surface area contributed by atoms with Crippen LogP contribution in [-0.2, 0) is 29.7 Å². The van der Waals surface area contributed by atoms with E-state index in [1.165, 1.54) is 36.1 Å². The van der Waals surface area contributed by atoms with Crippen LogP contribution in [0.4, 0.5) is 4.39 Å². The molecular weight excluding hydrogens is 558 g/mol. The van der Waals surface area contributed by atoms with E-state index in [9.17, 15) is 15.0 Å². The Balaban J connectivity index is 1.96. The summed E-state index contributed by atoms with van der Waals surface area (Å²) in [6, 6.07) is 12.6. The predicted molar refractivity (Wildman–Crippen MR) is 150 cm³/mol. The lowest BCUT2D eigenvalue weighted by Crippen LogP contribution is -2.49. The van der Waals surface area contributed by atoms with E-state index in [0.717, 1.165) is 0 Å². The van der Waals surface area contributed by atoms with Crippen LogP contribution >= 0.6 is 23.2 Å². The van der Waals surface area contributed by atoms with Crippen molar-refractivity contribution in [2.75, 3.05) is 20.3 Å². The Kier molecular flexibility index (Phi) is 9.04. The molecule has 0 aliphatic heterocycles. The van der Waals surface area contributed by atoms with Gasteiger partial charge in [0.05, 0.1) is 30.1 Å². The highest BCUT2D eigenvalue weighted by Gasteiger charge is 2.45. The van der Waals surface area contributed by atoms with Crippen LogP contribution in [0.25, 0.3) is 0 Å². The van der Waals surface area contributed by atoms with E-state index in [0.29, 0.717) is 33.2 Å². The molecule has 0 amide bonds. The topological polar surface area (TPSA) is 101 Å². The summed E-state index contributed by atoms with van der Waals surface area (Å²) in [5.74, 6) is -0.799. The minimum atomic E-state index is -1.71. The maximum absolute atomic E-state index is 16.5. The van der Waals surface area contributed by atoms with Crippen molar-refractivity contribution < 1.29 is 24.1 Å². The van der Waals surface area contributed by atoms with Crippen LogP contribution < -0.4 is 0 Å². The van der Waals surface area contributed by atoms with Crippen LogP contribution in [0.2, 0.25) is 10.0 Å². The molecule has 0 aliphatic carbocycles. The number of benzene rings is 2. The second-order valence-electron chi connectivity index (χ2n) is 9.56. The van der Waals surface area contributed by atoms with Gasteiger partial charge in [-0.05, 0) is 55.9 Å². The van der Waals surface area contributed by atoms with Crippen LogP contribution in [0.15, 0.2) is 67.1 Å². The highest BCUT2D eigenvalue weighted by Crippen LogP contribution is 2.42. The Morgan fingerprint density at radius 3 is 2.35 bits per heavy atom. The SMILES string of the molecule is CN(Cc1ccc(Cl)cn1)[C@@](OCCO)(c1ccc(Cl)cc1)c1c(F)cc(C(C)(O)c2cnn(C)c2)cc1C=O. The second-order valence-corrected chi connectivity index (χ2v) is 10.4. The number of hydrogen-bond donors (Lipinski definition) is 2. The molecule has 210 valence electrons. The van der Waals surface area contributed by atoms with Gasteiger partial charge in [0.1, 0.15) is 11.4 Å². The summed E-state index contributed by atoms with van der Waals surface area (Å²) in [4.78, 5) is 18.6. The first-order valence-electron chi connectivity index (χ1n) is 12.4. The quantitative estimate of drug-likeness (QED) is 0.194. The minimum Gasteiger partial charge on any atom is -0.394 e. The van der Waals surface area contributed by atoms with Crippen molar-refractivity contribution in [3.63, 3.8) is 0 Å². The standard InChI is InChI=1S/C29H29Cl2FN4O4/c1-28(39,22-14-34-36(3)16-22)21-12-19(18-38)27(26(32)13-21)29(40-11-10-37,20-4-6-23(30)7-5-20)35(2)17-25-9-8-24(31)15-33-25/h4-9,12-16,18,37,39H,10-11,17H2,1-3H3/t28?,29-/m1/s1. The molecule has 2 N–H and O–H groups in total. The summed E-state index contributed by atoms with van der Waals surface area (Å²) in [6.45, 7) is 1.10. The first kappa shape index (κ1) is 29.8. The molecule has 0 radical (unpaired) electrons. The number of nitrogens with zero attached hydrogens (tertiary/aromatic N) is 4. The molecule has 2 atom stereocenters.